The Morgan fingerprint density at radius 1 is 1.15 bits per heavy atom. The van der Waals surface area contributed by atoms with Crippen molar-refractivity contribution in [3.8, 4) is 5.69 Å². The molecule has 0 radical (unpaired) electrons. The number of urea groups is 1. The van der Waals surface area contributed by atoms with Crippen LogP contribution in [0.15, 0.2) is 67.0 Å². The second-order valence-corrected chi connectivity index (χ2v) is 7.45. The summed E-state index contributed by atoms with van der Waals surface area (Å²) in [6, 6.07) is 12.2. The molecule has 2 aromatic carbocycles. The molecule has 1 unspecified atom stereocenters. The molecule has 0 bridgehead atoms. The summed E-state index contributed by atoms with van der Waals surface area (Å²) in [6.45, 7) is -0.158. The molecule has 1 aromatic heterocycles. The van der Waals surface area contributed by atoms with Crippen LogP contribution in [0.3, 0.4) is 0 Å². The molecule has 3 amide bonds. The van der Waals surface area contributed by atoms with Gasteiger partial charge in [0.25, 0.3) is 5.91 Å². The van der Waals surface area contributed by atoms with Crippen LogP contribution in [0.5, 0.6) is 0 Å². The Morgan fingerprint density at radius 3 is 2.73 bits per heavy atom. The first-order valence-electron chi connectivity index (χ1n) is 10.2. The number of anilines is 1. The number of likely N-dealkylation sites (N-methyl/N-ethyl adjacent to an activating group) is 1. The van der Waals surface area contributed by atoms with E-state index in [1.54, 1.807) is 35.1 Å². The lowest BCUT2D eigenvalue weighted by Crippen LogP contribution is -2.57. The molecule has 0 saturated carbocycles. The number of carboxylic acids is 1. The summed E-state index contributed by atoms with van der Waals surface area (Å²) in [7, 11) is 1.49. The van der Waals surface area contributed by atoms with Gasteiger partial charge in [-0.15, -0.1) is 0 Å². The maximum absolute atomic E-state index is 13.1. The lowest BCUT2D eigenvalue weighted by molar-refractivity contribution is -0.137. The van der Waals surface area contributed by atoms with Crippen molar-refractivity contribution in [2.24, 2.45) is 0 Å². The maximum Gasteiger partial charge on any atom is 0.323 e. The monoisotopic (exact) mass is 447 g/mol. The van der Waals surface area contributed by atoms with Gasteiger partial charge in [-0.25, -0.2) is 9.48 Å². The Labute approximate surface area is 188 Å². The number of rotatable bonds is 6. The molecule has 3 aromatic rings. The molecular weight excluding hydrogens is 426 g/mol. The van der Waals surface area contributed by atoms with Crippen LogP contribution in [-0.2, 0) is 14.4 Å². The number of nitrogens with zero attached hydrogens (tertiary/aromatic N) is 4. The Balaban J connectivity index is 1.75. The van der Waals surface area contributed by atoms with Crippen LogP contribution in [0.1, 0.15) is 6.42 Å². The molecule has 0 saturated heterocycles. The van der Waals surface area contributed by atoms with E-state index in [-0.39, 0.29) is 18.7 Å². The Morgan fingerprint density at radius 2 is 1.94 bits per heavy atom. The number of hydrogen-bond donors (Lipinski definition) is 2. The number of aliphatic carboxylic acids is 1. The fourth-order valence-electron chi connectivity index (χ4n) is 3.60. The number of fused-ring (bicyclic) bond motifs is 1. The third-order valence-electron chi connectivity index (χ3n) is 5.24. The van der Waals surface area contributed by atoms with Crippen LogP contribution >= 0.6 is 0 Å². The fourth-order valence-corrected chi connectivity index (χ4v) is 3.60. The number of ketones is 1. The average Bonchev–Trinajstić information content (AvgIpc) is 3.23. The second kappa shape index (κ2) is 8.95. The molecule has 0 fully saturated rings. The molecule has 0 aliphatic carbocycles. The SMILES string of the molecule is CN1C=CC(=O)C(N(C(=O)NCCC(=O)O)c2cccc(-n3ncc4ccccc43)c2)C1=O. The number of nitrogens with one attached hydrogen (secondary N) is 1. The molecule has 0 spiro atoms. The third-order valence-corrected chi connectivity index (χ3v) is 5.24. The lowest BCUT2D eigenvalue weighted by Gasteiger charge is -2.33. The lowest BCUT2D eigenvalue weighted by atomic mass is 10.1. The zero-order valence-corrected chi connectivity index (χ0v) is 17.7. The molecule has 2 N–H and O–H groups in total. The first kappa shape index (κ1) is 21.8. The van der Waals surface area contributed by atoms with Crippen molar-refractivity contribution < 1.29 is 24.3 Å². The highest BCUT2D eigenvalue weighted by atomic mass is 16.4. The number of para-hydroxylation sites is 1. The van der Waals surface area contributed by atoms with Gasteiger partial charge in [0.1, 0.15) is 0 Å². The summed E-state index contributed by atoms with van der Waals surface area (Å²) in [6.07, 6.45) is 3.99. The van der Waals surface area contributed by atoms with Crippen LogP contribution in [0, 0.1) is 0 Å². The van der Waals surface area contributed by atoms with E-state index in [2.05, 4.69) is 10.4 Å². The minimum absolute atomic E-state index is 0.158. The van der Waals surface area contributed by atoms with E-state index in [4.69, 9.17) is 5.11 Å². The van der Waals surface area contributed by atoms with Crippen LogP contribution in [-0.4, -0.2) is 63.1 Å². The van der Waals surface area contributed by atoms with E-state index >= 15 is 0 Å². The normalized spacial score (nSPS) is 15.7. The van der Waals surface area contributed by atoms with Gasteiger partial charge in [0.05, 0.1) is 23.8 Å². The first-order chi connectivity index (χ1) is 15.9. The topological polar surface area (TPSA) is 125 Å². The number of carbonyl (C=O) groups is 4. The highest BCUT2D eigenvalue weighted by molar-refractivity contribution is 6.19. The molecule has 1 aliphatic heterocycles. The number of carboxylic acid groups (broad SMARTS) is 1. The van der Waals surface area contributed by atoms with E-state index in [9.17, 15) is 19.2 Å². The highest BCUT2D eigenvalue weighted by Gasteiger charge is 2.39. The minimum Gasteiger partial charge on any atom is -0.481 e. The van der Waals surface area contributed by atoms with Gasteiger partial charge in [-0.3, -0.25) is 19.3 Å². The van der Waals surface area contributed by atoms with Crippen LogP contribution < -0.4 is 10.2 Å². The summed E-state index contributed by atoms with van der Waals surface area (Å²) in [5, 5.41) is 16.7. The van der Waals surface area contributed by atoms with Gasteiger partial charge in [-0.2, -0.15) is 5.10 Å². The van der Waals surface area contributed by atoms with Gasteiger partial charge in [0, 0.05) is 36.9 Å². The maximum atomic E-state index is 13.1. The molecular formula is C23H21N5O5. The van der Waals surface area contributed by atoms with Gasteiger partial charge in [-0.05, 0) is 24.3 Å². The summed E-state index contributed by atoms with van der Waals surface area (Å²) >= 11 is 0. The average molecular weight is 447 g/mol. The molecule has 1 atom stereocenters. The Hall–Kier alpha value is -4.47. The van der Waals surface area contributed by atoms with Crippen molar-refractivity contribution >= 4 is 40.3 Å². The zero-order chi connectivity index (χ0) is 23.5. The van der Waals surface area contributed by atoms with E-state index in [1.165, 1.54) is 24.2 Å². The summed E-state index contributed by atoms with van der Waals surface area (Å²) in [5.74, 6) is -2.21. The van der Waals surface area contributed by atoms with E-state index in [1.807, 2.05) is 24.3 Å². The Kier molecular flexibility index (Phi) is 5.90. The number of benzene rings is 2. The Bertz CT molecular complexity index is 1280. The van der Waals surface area contributed by atoms with Crippen molar-refractivity contribution in [2.75, 3.05) is 18.5 Å². The summed E-state index contributed by atoms with van der Waals surface area (Å²) < 4.78 is 1.69. The number of aromatic nitrogens is 2. The molecule has 10 heteroatoms. The van der Waals surface area contributed by atoms with Crippen molar-refractivity contribution in [2.45, 2.75) is 12.5 Å². The molecule has 168 valence electrons. The smallest absolute Gasteiger partial charge is 0.323 e. The summed E-state index contributed by atoms with van der Waals surface area (Å²) in [5.41, 5.74) is 1.76. The number of carbonyl (C=O) groups excluding carboxylic acids is 3. The van der Waals surface area contributed by atoms with Gasteiger partial charge in [0.2, 0.25) is 0 Å². The second-order valence-electron chi connectivity index (χ2n) is 7.45. The molecule has 33 heavy (non-hydrogen) atoms. The predicted molar refractivity (Wildman–Crippen MR) is 120 cm³/mol. The van der Waals surface area contributed by atoms with Crippen molar-refractivity contribution in [3.05, 3.63) is 67.0 Å². The van der Waals surface area contributed by atoms with E-state index in [0.717, 1.165) is 15.8 Å². The molecule has 2 heterocycles. The van der Waals surface area contributed by atoms with Gasteiger partial charge >= 0.3 is 12.0 Å². The van der Waals surface area contributed by atoms with Crippen molar-refractivity contribution in [3.63, 3.8) is 0 Å². The van der Waals surface area contributed by atoms with Gasteiger partial charge in [-0.1, -0.05) is 24.3 Å². The van der Waals surface area contributed by atoms with E-state index < -0.39 is 29.7 Å². The number of hydrogen-bond acceptors (Lipinski definition) is 5. The minimum atomic E-state index is -1.42. The molecule has 10 nitrogen and oxygen atoms in total. The van der Waals surface area contributed by atoms with Crippen LogP contribution in [0.25, 0.3) is 16.6 Å². The van der Waals surface area contributed by atoms with Crippen LogP contribution in [0.4, 0.5) is 10.5 Å². The predicted octanol–water partition coefficient (Wildman–Crippen LogP) is 1.94. The molecule has 1 aliphatic rings. The first-order valence-corrected chi connectivity index (χ1v) is 10.2. The van der Waals surface area contributed by atoms with Crippen LogP contribution in [0.2, 0.25) is 0 Å². The summed E-state index contributed by atoms with van der Waals surface area (Å²) in [4.78, 5) is 51.7. The fraction of sp³-hybridized carbons (Fsp3) is 0.174. The third kappa shape index (κ3) is 4.31. The zero-order valence-electron chi connectivity index (χ0n) is 17.7. The number of amides is 3. The highest BCUT2D eigenvalue weighted by Crippen LogP contribution is 2.26. The van der Waals surface area contributed by atoms with Crippen molar-refractivity contribution in [1.82, 2.24) is 20.0 Å². The largest absolute Gasteiger partial charge is 0.481 e. The van der Waals surface area contributed by atoms with E-state index in [0.29, 0.717) is 5.69 Å². The van der Waals surface area contributed by atoms with Gasteiger partial charge in [0.15, 0.2) is 11.8 Å². The quantitative estimate of drug-likeness (QED) is 0.557. The van der Waals surface area contributed by atoms with Crippen molar-refractivity contribution in [1.29, 1.82) is 0 Å². The van der Waals surface area contributed by atoms with Gasteiger partial charge < -0.3 is 15.3 Å². The standard InChI is InChI=1S/C23H21N5O5/c1-26-12-10-19(29)21(22(26)32)27(23(33)24-11-9-20(30)31)16-6-4-7-17(13-16)28-18-8-3-2-5-15(18)14-25-28/h2-8,10,12-14,21H,9,11H2,1H3,(H,24,33)(H,30,31). The molecule has 4 rings (SSSR count).